The van der Waals surface area contributed by atoms with Crippen LogP contribution in [0.1, 0.15) is 13.3 Å². The lowest BCUT2D eigenvalue weighted by atomic mass is 10.4. The molecule has 60 valence electrons. The Morgan fingerprint density at radius 2 is 1.91 bits per heavy atom. The summed E-state index contributed by atoms with van der Waals surface area (Å²) in [5, 5.41) is 0. The quantitative estimate of drug-likeness (QED) is 0.324. The molecular formula is C7H8INO2. The molecule has 11 heavy (non-hydrogen) atoms. The van der Waals surface area contributed by atoms with Crippen molar-refractivity contribution in [2.24, 2.45) is 0 Å². The van der Waals surface area contributed by atoms with E-state index in [1.807, 2.05) is 6.92 Å². The zero-order chi connectivity index (χ0) is 8.43. The number of imide groups is 1. The molecule has 1 atom stereocenters. The first kappa shape index (κ1) is 8.70. The van der Waals surface area contributed by atoms with E-state index < -0.39 is 0 Å². The largest absolute Gasteiger partial charge is 0.269 e. The molecule has 1 heterocycles. The summed E-state index contributed by atoms with van der Waals surface area (Å²) < 4.78 is -0.0115. The van der Waals surface area contributed by atoms with E-state index in [0.29, 0.717) is 0 Å². The zero-order valence-electron chi connectivity index (χ0n) is 6.08. The third-order valence-corrected chi connectivity index (χ3v) is 2.90. The van der Waals surface area contributed by atoms with Gasteiger partial charge in [0.1, 0.15) is 0 Å². The lowest BCUT2D eigenvalue weighted by Gasteiger charge is -2.18. The van der Waals surface area contributed by atoms with Gasteiger partial charge in [-0.25, -0.2) is 0 Å². The summed E-state index contributed by atoms with van der Waals surface area (Å²) in [6.07, 6.45) is 3.41. The predicted molar refractivity (Wildman–Crippen MR) is 49.1 cm³/mol. The van der Waals surface area contributed by atoms with E-state index >= 15 is 0 Å². The predicted octanol–water partition coefficient (Wildman–Crippen LogP) is 1.08. The topological polar surface area (TPSA) is 37.4 Å². The summed E-state index contributed by atoms with van der Waals surface area (Å²) in [5.41, 5.74) is 0. The molecule has 1 rings (SSSR count). The summed E-state index contributed by atoms with van der Waals surface area (Å²) in [4.78, 5) is 23.3. The molecule has 0 spiro atoms. The first-order valence-electron chi connectivity index (χ1n) is 3.36. The lowest BCUT2D eigenvalue weighted by molar-refractivity contribution is -0.137. The Balaban J connectivity index is 2.73. The van der Waals surface area contributed by atoms with Crippen LogP contribution in [-0.2, 0) is 9.59 Å². The standard InChI is InChI=1S/C7H8INO2/c1-2-5(8)9-6(10)3-4-7(9)11/h3-5H,2H2,1H3. The van der Waals surface area contributed by atoms with Crippen molar-refractivity contribution in [1.82, 2.24) is 4.90 Å². The second-order valence-corrected chi connectivity index (χ2v) is 3.66. The minimum absolute atomic E-state index is 0.0115. The lowest BCUT2D eigenvalue weighted by Crippen LogP contribution is -2.35. The molecule has 0 aromatic rings. The molecule has 1 aliphatic rings. The van der Waals surface area contributed by atoms with Crippen LogP contribution in [0.5, 0.6) is 0 Å². The zero-order valence-corrected chi connectivity index (χ0v) is 8.24. The Bertz CT molecular complexity index is 206. The number of hydrogen-bond donors (Lipinski definition) is 0. The molecule has 2 amide bonds. The van der Waals surface area contributed by atoms with Crippen LogP contribution in [0.25, 0.3) is 0 Å². The Morgan fingerprint density at radius 3 is 2.27 bits per heavy atom. The molecule has 0 aromatic carbocycles. The summed E-state index contributed by atoms with van der Waals surface area (Å²) in [5.74, 6) is -0.396. The van der Waals surface area contributed by atoms with Crippen molar-refractivity contribution in [3.05, 3.63) is 12.2 Å². The maximum absolute atomic E-state index is 11.0. The molecule has 3 nitrogen and oxygen atoms in total. The van der Waals surface area contributed by atoms with Gasteiger partial charge < -0.3 is 0 Å². The Hall–Kier alpha value is -0.390. The van der Waals surface area contributed by atoms with Gasteiger partial charge in [-0.05, 0) is 6.42 Å². The highest BCUT2D eigenvalue weighted by Gasteiger charge is 2.27. The fraction of sp³-hybridized carbons (Fsp3) is 0.429. The molecule has 1 unspecified atom stereocenters. The molecule has 0 N–H and O–H groups in total. The van der Waals surface area contributed by atoms with Crippen molar-refractivity contribution in [1.29, 1.82) is 0 Å². The van der Waals surface area contributed by atoms with E-state index in [1.54, 1.807) is 0 Å². The summed E-state index contributed by atoms with van der Waals surface area (Å²) in [7, 11) is 0. The highest BCUT2D eigenvalue weighted by molar-refractivity contribution is 14.1. The minimum atomic E-state index is -0.198. The monoisotopic (exact) mass is 265 g/mol. The van der Waals surface area contributed by atoms with E-state index in [1.165, 1.54) is 17.1 Å². The number of halogens is 1. The van der Waals surface area contributed by atoms with Crippen LogP contribution >= 0.6 is 22.6 Å². The number of hydrogen-bond acceptors (Lipinski definition) is 2. The van der Waals surface area contributed by atoms with Crippen LogP contribution in [0.2, 0.25) is 0 Å². The third-order valence-electron chi connectivity index (χ3n) is 1.46. The van der Waals surface area contributed by atoms with Gasteiger partial charge >= 0.3 is 0 Å². The van der Waals surface area contributed by atoms with Crippen LogP contribution in [0.3, 0.4) is 0 Å². The van der Waals surface area contributed by atoms with Crippen LogP contribution in [0, 0.1) is 0 Å². The second kappa shape index (κ2) is 3.34. The summed E-state index contributed by atoms with van der Waals surface area (Å²) in [6.45, 7) is 1.94. The molecule has 4 heteroatoms. The Labute approximate surface area is 78.6 Å². The van der Waals surface area contributed by atoms with Gasteiger partial charge in [0.15, 0.2) is 0 Å². The van der Waals surface area contributed by atoms with Gasteiger partial charge in [-0.15, -0.1) is 0 Å². The average Bonchev–Trinajstić information content (AvgIpc) is 2.30. The van der Waals surface area contributed by atoms with Crippen molar-refractivity contribution < 1.29 is 9.59 Å². The van der Waals surface area contributed by atoms with Gasteiger partial charge in [0.05, 0.1) is 4.05 Å². The van der Waals surface area contributed by atoms with Crippen molar-refractivity contribution in [2.45, 2.75) is 17.4 Å². The number of alkyl halides is 1. The normalized spacial score (nSPS) is 19.6. The molecular weight excluding hydrogens is 257 g/mol. The van der Waals surface area contributed by atoms with E-state index in [-0.39, 0.29) is 15.9 Å². The van der Waals surface area contributed by atoms with Gasteiger partial charge in [0.25, 0.3) is 11.8 Å². The third kappa shape index (κ3) is 1.61. The van der Waals surface area contributed by atoms with Gasteiger partial charge in [-0.1, -0.05) is 29.5 Å². The van der Waals surface area contributed by atoms with Crippen molar-refractivity contribution >= 4 is 34.4 Å². The van der Waals surface area contributed by atoms with E-state index in [2.05, 4.69) is 22.6 Å². The van der Waals surface area contributed by atoms with E-state index in [4.69, 9.17) is 0 Å². The van der Waals surface area contributed by atoms with Crippen molar-refractivity contribution in [2.75, 3.05) is 0 Å². The first-order valence-corrected chi connectivity index (χ1v) is 4.60. The van der Waals surface area contributed by atoms with Crippen molar-refractivity contribution in [3.8, 4) is 0 Å². The SMILES string of the molecule is CCC(I)N1C(=O)C=CC1=O. The van der Waals surface area contributed by atoms with Crippen molar-refractivity contribution in [3.63, 3.8) is 0 Å². The molecule has 0 saturated carbocycles. The van der Waals surface area contributed by atoms with Gasteiger partial charge in [0, 0.05) is 12.2 Å². The maximum atomic E-state index is 11.0. The number of carbonyl (C=O) groups is 2. The highest BCUT2D eigenvalue weighted by Crippen LogP contribution is 2.16. The fourth-order valence-corrected chi connectivity index (χ4v) is 1.42. The molecule has 0 fully saturated rings. The molecule has 0 aliphatic carbocycles. The van der Waals surface area contributed by atoms with Gasteiger partial charge in [0.2, 0.25) is 0 Å². The summed E-state index contributed by atoms with van der Waals surface area (Å²) >= 11 is 2.08. The van der Waals surface area contributed by atoms with Crippen LogP contribution in [-0.4, -0.2) is 20.8 Å². The molecule has 0 saturated heterocycles. The molecule has 0 radical (unpaired) electrons. The fourth-order valence-electron chi connectivity index (χ4n) is 0.870. The first-order chi connectivity index (χ1) is 5.16. The molecule has 0 bridgehead atoms. The smallest absolute Gasteiger partial charge is 0.254 e. The van der Waals surface area contributed by atoms with Crippen LogP contribution in [0.4, 0.5) is 0 Å². The van der Waals surface area contributed by atoms with E-state index in [0.717, 1.165) is 6.42 Å². The minimum Gasteiger partial charge on any atom is -0.269 e. The molecule has 1 aliphatic heterocycles. The van der Waals surface area contributed by atoms with E-state index in [9.17, 15) is 9.59 Å². The number of rotatable bonds is 2. The number of amides is 2. The van der Waals surface area contributed by atoms with Gasteiger partial charge in [-0.2, -0.15) is 0 Å². The second-order valence-electron chi connectivity index (χ2n) is 2.22. The van der Waals surface area contributed by atoms with Crippen LogP contribution < -0.4 is 0 Å². The maximum Gasteiger partial charge on any atom is 0.254 e. The average molecular weight is 265 g/mol. The Morgan fingerprint density at radius 1 is 1.45 bits per heavy atom. The molecule has 0 aromatic heterocycles. The number of nitrogens with zero attached hydrogens (tertiary/aromatic N) is 1. The highest BCUT2D eigenvalue weighted by atomic mass is 127. The number of carbonyl (C=O) groups excluding carboxylic acids is 2. The Kier molecular flexibility index (Phi) is 2.64. The summed E-state index contributed by atoms with van der Waals surface area (Å²) in [6, 6.07) is 0. The van der Waals surface area contributed by atoms with Gasteiger partial charge in [-0.3, -0.25) is 14.5 Å². The van der Waals surface area contributed by atoms with Crippen LogP contribution in [0.15, 0.2) is 12.2 Å².